The Hall–Kier alpha value is -0.903. The molecule has 0 aliphatic heterocycles. The van der Waals surface area contributed by atoms with Crippen molar-refractivity contribution in [3.05, 3.63) is 42.0 Å². The number of allylic oxidation sites excluding steroid dienone is 1. The number of hydrogen-bond acceptors (Lipinski definition) is 2. The molecule has 82 valence electrons. The quantitative estimate of drug-likeness (QED) is 0.713. The van der Waals surface area contributed by atoms with E-state index in [0.717, 1.165) is 6.04 Å². The molecule has 0 radical (unpaired) electrons. The summed E-state index contributed by atoms with van der Waals surface area (Å²) in [5.74, 6) is 0. The summed E-state index contributed by atoms with van der Waals surface area (Å²) in [6.45, 7) is 2.06. The van der Waals surface area contributed by atoms with Gasteiger partial charge in [-0.05, 0) is 12.1 Å². The van der Waals surface area contributed by atoms with Crippen molar-refractivity contribution in [2.75, 3.05) is 14.2 Å². The summed E-state index contributed by atoms with van der Waals surface area (Å²) < 4.78 is 10.8. The average Bonchev–Trinajstić information content (AvgIpc) is 2.30. The molecule has 0 aliphatic rings. The van der Waals surface area contributed by atoms with Gasteiger partial charge >= 0.3 is 8.56 Å². The molecule has 3 heteroatoms. The Kier molecular flexibility index (Phi) is 4.75. The highest BCUT2D eigenvalue weighted by Gasteiger charge is 2.26. The molecule has 1 rings (SSSR count). The standard InChI is InChI=1S/C12H18O2Si/c1-13-15(3,14-2)11-7-10-12-8-5-4-6-9-12/h4-10H,11H2,1-3H3. The fraction of sp³-hybridized carbons (Fsp3) is 0.333. The van der Waals surface area contributed by atoms with Crippen molar-refractivity contribution in [2.24, 2.45) is 0 Å². The monoisotopic (exact) mass is 222 g/mol. The molecule has 1 aromatic carbocycles. The summed E-state index contributed by atoms with van der Waals surface area (Å²) in [6, 6.07) is 11.1. The molecule has 2 nitrogen and oxygen atoms in total. The highest BCUT2D eigenvalue weighted by molar-refractivity contribution is 6.66. The summed E-state index contributed by atoms with van der Waals surface area (Å²) >= 11 is 0. The second-order valence-corrected chi connectivity index (χ2v) is 7.05. The Morgan fingerprint density at radius 1 is 1.13 bits per heavy atom. The molecule has 0 aliphatic carbocycles. The van der Waals surface area contributed by atoms with Crippen LogP contribution < -0.4 is 0 Å². The molecule has 0 N–H and O–H groups in total. The van der Waals surface area contributed by atoms with Gasteiger partial charge in [0.1, 0.15) is 0 Å². The lowest BCUT2D eigenvalue weighted by atomic mass is 10.2. The number of benzene rings is 1. The molecular formula is C12H18O2Si. The van der Waals surface area contributed by atoms with Crippen molar-refractivity contribution in [3.8, 4) is 0 Å². The van der Waals surface area contributed by atoms with Gasteiger partial charge in [-0.1, -0.05) is 42.5 Å². The highest BCUT2D eigenvalue weighted by Crippen LogP contribution is 2.13. The third kappa shape index (κ3) is 3.99. The first kappa shape index (κ1) is 12.2. The van der Waals surface area contributed by atoms with Crippen molar-refractivity contribution in [3.63, 3.8) is 0 Å². The van der Waals surface area contributed by atoms with Crippen molar-refractivity contribution in [1.82, 2.24) is 0 Å². The van der Waals surface area contributed by atoms with Crippen LogP contribution >= 0.6 is 0 Å². The molecule has 0 fully saturated rings. The molecular weight excluding hydrogens is 204 g/mol. The maximum Gasteiger partial charge on any atom is 0.338 e. The van der Waals surface area contributed by atoms with E-state index in [9.17, 15) is 0 Å². The van der Waals surface area contributed by atoms with E-state index in [0.29, 0.717) is 0 Å². The number of rotatable bonds is 5. The van der Waals surface area contributed by atoms with E-state index in [-0.39, 0.29) is 0 Å². The molecule has 0 amide bonds. The van der Waals surface area contributed by atoms with Gasteiger partial charge in [-0.25, -0.2) is 0 Å². The van der Waals surface area contributed by atoms with Crippen LogP contribution in [0.25, 0.3) is 6.08 Å². The molecule has 0 atom stereocenters. The lowest BCUT2D eigenvalue weighted by molar-refractivity contribution is 0.253. The molecule has 0 unspecified atom stereocenters. The van der Waals surface area contributed by atoms with Gasteiger partial charge in [0, 0.05) is 20.3 Å². The minimum absolute atomic E-state index is 0.870. The SMILES string of the molecule is CO[Si](C)(CC=Cc1ccccc1)OC. The predicted molar refractivity (Wildman–Crippen MR) is 65.9 cm³/mol. The van der Waals surface area contributed by atoms with E-state index in [4.69, 9.17) is 8.85 Å². The predicted octanol–water partition coefficient (Wildman–Crippen LogP) is 3.06. The Morgan fingerprint density at radius 2 is 1.73 bits per heavy atom. The summed E-state index contributed by atoms with van der Waals surface area (Å²) in [7, 11) is 1.49. The first-order chi connectivity index (χ1) is 7.20. The summed E-state index contributed by atoms with van der Waals surface area (Å²) in [5.41, 5.74) is 1.21. The molecule has 0 bridgehead atoms. The zero-order chi connectivity index (χ0) is 11.1. The summed E-state index contributed by atoms with van der Waals surface area (Å²) in [6.07, 6.45) is 4.22. The van der Waals surface area contributed by atoms with Crippen molar-refractivity contribution in [2.45, 2.75) is 12.6 Å². The summed E-state index contributed by atoms with van der Waals surface area (Å²) in [5, 5.41) is 0. The molecule has 1 aromatic rings. The number of hydrogen-bond donors (Lipinski definition) is 0. The van der Waals surface area contributed by atoms with E-state index >= 15 is 0 Å². The van der Waals surface area contributed by atoms with Gasteiger partial charge in [-0.15, -0.1) is 0 Å². The van der Waals surface area contributed by atoms with Crippen LogP contribution in [0.1, 0.15) is 5.56 Å². The Balaban J connectivity index is 2.53. The van der Waals surface area contributed by atoms with Gasteiger partial charge in [-0.2, -0.15) is 0 Å². The largest absolute Gasteiger partial charge is 0.398 e. The maximum absolute atomic E-state index is 5.39. The fourth-order valence-corrected chi connectivity index (χ4v) is 2.27. The van der Waals surface area contributed by atoms with Gasteiger partial charge < -0.3 is 8.85 Å². The van der Waals surface area contributed by atoms with Gasteiger partial charge in [0.25, 0.3) is 0 Å². The van der Waals surface area contributed by atoms with E-state index in [1.54, 1.807) is 14.2 Å². The fourth-order valence-electron chi connectivity index (χ4n) is 1.22. The van der Waals surface area contributed by atoms with E-state index in [1.165, 1.54) is 5.56 Å². The normalized spacial score (nSPS) is 12.2. The van der Waals surface area contributed by atoms with Crippen molar-refractivity contribution < 1.29 is 8.85 Å². The molecule has 0 aromatic heterocycles. The lowest BCUT2D eigenvalue weighted by Crippen LogP contribution is -2.35. The maximum atomic E-state index is 5.39. The van der Waals surface area contributed by atoms with Crippen molar-refractivity contribution >= 4 is 14.6 Å². The minimum atomic E-state index is -1.94. The molecule has 15 heavy (non-hydrogen) atoms. The average molecular weight is 222 g/mol. The van der Waals surface area contributed by atoms with Crippen LogP contribution in [0.4, 0.5) is 0 Å². The van der Waals surface area contributed by atoms with Crippen LogP contribution in [0, 0.1) is 0 Å². The van der Waals surface area contributed by atoms with Gasteiger partial charge in [0.2, 0.25) is 0 Å². The van der Waals surface area contributed by atoms with Crippen LogP contribution in [0.5, 0.6) is 0 Å². The first-order valence-electron chi connectivity index (χ1n) is 5.02. The van der Waals surface area contributed by atoms with E-state index in [2.05, 4.69) is 30.8 Å². The van der Waals surface area contributed by atoms with Crippen molar-refractivity contribution in [1.29, 1.82) is 0 Å². The third-order valence-electron chi connectivity index (χ3n) is 2.46. The molecule has 0 saturated carbocycles. The van der Waals surface area contributed by atoms with Crippen LogP contribution in [-0.4, -0.2) is 22.8 Å². The zero-order valence-corrected chi connectivity index (χ0v) is 10.6. The molecule has 0 saturated heterocycles. The zero-order valence-electron chi connectivity index (χ0n) is 9.57. The molecule has 0 heterocycles. The topological polar surface area (TPSA) is 18.5 Å². The van der Waals surface area contributed by atoms with Crippen LogP contribution in [0.15, 0.2) is 36.4 Å². The Labute approximate surface area is 92.8 Å². The van der Waals surface area contributed by atoms with E-state index < -0.39 is 8.56 Å². The first-order valence-corrected chi connectivity index (χ1v) is 7.54. The van der Waals surface area contributed by atoms with Gasteiger partial charge in [-0.3, -0.25) is 0 Å². The molecule has 0 spiro atoms. The van der Waals surface area contributed by atoms with E-state index in [1.807, 2.05) is 18.2 Å². The Morgan fingerprint density at radius 3 is 2.27 bits per heavy atom. The van der Waals surface area contributed by atoms with Crippen LogP contribution in [-0.2, 0) is 8.85 Å². The smallest absolute Gasteiger partial charge is 0.338 e. The lowest BCUT2D eigenvalue weighted by Gasteiger charge is -2.20. The second-order valence-electron chi connectivity index (χ2n) is 3.56. The van der Waals surface area contributed by atoms with Crippen LogP contribution in [0.3, 0.4) is 0 Å². The highest BCUT2D eigenvalue weighted by atomic mass is 28.4. The van der Waals surface area contributed by atoms with Gasteiger partial charge in [0.05, 0.1) is 0 Å². The van der Waals surface area contributed by atoms with Crippen LogP contribution in [0.2, 0.25) is 12.6 Å². The second kappa shape index (κ2) is 5.85. The Bertz CT molecular complexity index is 305. The van der Waals surface area contributed by atoms with Gasteiger partial charge in [0.15, 0.2) is 0 Å². The summed E-state index contributed by atoms with van der Waals surface area (Å²) in [4.78, 5) is 0. The minimum Gasteiger partial charge on any atom is -0.398 e. The third-order valence-corrected chi connectivity index (χ3v) is 5.17.